The van der Waals surface area contributed by atoms with Crippen molar-refractivity contribution in [3.63, 3.8) is 0 Å². The Hall–Kier alpha value is -2.66. The van der Waals surface area contributed by atoms with E-state index in [1.807, 2.05) is 56.3 Å². The zero-order valence-electron chi connectivity index (χ0n) is 16.8. The minimum absolute atomic E-state index is 0.135. The Labute approximate surface area is 161 Å². The molecule has 144 valence electrons. The van der Waals surface area contributed by atoms with E-state index in [0.29, 0.717) is 5.92 Å². The number of nitrogens with one attached hydrogen (secondary N) is 2. The van der Waals surface area contributed by atoms with Gasteiger partial charge in [0.25, 0.3) is 0 Å². The second-order valence-electron chi connectivity index (χ2n) is 7.31. The summed E-state index contributed by atoms with van der Waals surface area (Å²) in [4.78, 5) is 26.2. The minimum Gasteiger partial charge on any atom is -0.325 e. The molecule has 27 heavy (non-hydrogen) atoms. The van der Waals surface area contributed by atoms with E-state index in [0.717, 1.165) is 22.5 Å². The molecule has 0 radical (unpaired) electrons. The third kappa shape index (κ3) is 6.22. The van der Waals surface area contributed by atoms with Crippen molar-refractivity contribution >= 4 is 23.2 Å². The lowest BCUT2D eigenvalue weighted by molar-refractivity contribution is -0.119. The molecule has 0 fully saturated rings. The van der Waals surface area contributed by atoms with Gasteiger partial charge in [-0.1, -0.05) is 44.2 Å². The van der Waals surface area contributed by atoms with Gasteiger partial charge >= 0.3 is 0 Å². The van der Waals surface area contributed by atoms with Gasteiger partial charge in [0, 0.05) is 11.4 Å². The minimum atomic E-state index is -0.144. The van der Waals surface area contributed by atoms with Crippen LogP contribution in [-0.4, -0.2) is 36.9 Å². The normalized spacial score (nSPS) is 10.9. The summed E-state index contributed by atoms with van der Waals surface area (Å²) in [6.45, 7) is 8.48. The highest BCUT2D eigenvalue weighted by Gasteiger charge is 2.13. The van der Waals surface area contributed by atoms with Crippen molar-refractivity contribution < 1.29 is 9.59 Å². The van der Waals surface area contributed by atoms with Gasteiger partial charge in [-0.3, -0.25) is 14.5 Å². The van der Waals surface area contributed by atoms with Crippen LogP contribution in [0.3, 0.4) is 0 Å². The number of benzene rings is 2. The van der Waals surface area contributed by atoms with Crippen LogP contribution in [0.25, 0.3) is 0 Å². The first-order valence-corrected chi connectivity index (χ1v) is 9.20. The maximum atomic E-state index is 12.3. The Balaban J connectivity index is 1.84. The summed E-state index contributed by atoms with van der Waals surface area (Å²) in [6, 6.07) is 13.7. The van der Waals surface area contributed by atoms with Gasteiger partial charge in [0.15, 0.2) is 0 Å². The van der Waals surface area contributed by atoms with Gasteiger partial charge < -0.3 is 10.6 Å². The molecule has 0 unspecified atom stereocenters. The molecule has 0 saturated heterocycles. The van der Waals surface area contributed by atoms with E-state index in [2.05, 4.69) is 24.5 Å². The number of amides is 2. The predicted molar refractivity (Wildman–Crippen MR) is 111 cm³/mol. The lowest BCUT2D eigenvalue weighted by atomic mass is 10.0. The molecule has 0 atom stereocenters. The zero-order valence-corrected chi connectivity index (χ0v) is 16.8. The summed E-state index contributed by atoms with van der Waals surface area (Å²) in [6.07, 6.45) is 0. The van der Waals surface area contributed by atoms with Crippen LogP contribution in [0, 0.1) is 13.8 Å². The van der Waals surface area contributed by atoms with Crippen LogP contribution < -0.4 is 10.6 Å². The number of hydrogen-bond acceptors (Lipinski definition) is 3. The Bertz CT molecular complexity index is 777. The number of anilines is 2. The molecular weight excluding hydrogens is 338 g/mol. The van der Waals surface area contributed by atoms with Gasteiger partial charge in [0.05, 0.1) is 13.1 Å². The van der Waals surface area contributed by atoms with E-state index in [4.69, 9.17) is 0 Å². The highest BCUT2D eigenvalue weighted by Crippen LogP contribution is 2.19. The molecule has 2 aromatic carbocycles. The van der Waals surface area contributed by atoms with Crippen LogP contribution in [0.15, 0.2) is 42.5 Å². The number of rotatable bonds is 7. The SMILES string of the molecule is Cc1cccc(C)c1NC(=O)CN(C)CC(=O)Nc1ccc(C(C)C)cc1. The van der Waals surface area contributed by atoms with E-state index in [1.165, 1.54) is 5.56 Å². The number of nitrogens with zero attached hydrogens (tertiary/aromatic N) is 1. The van der Waals surface area contributed by atoms with Gasteiger partial charge in [-0.05, 0) is 55.6 Å². The van der Waals surface area contributed by atoms with Crippen LogP contribution in [0.4, 0.5) is 11.4 Å². The largest absolute Gasteiger partial charge is 0.325 e. The van der Waals surface area contributed by atoms with Gasteiger partial charge in [-0.25, -0.2) is 0 Å². The molecule has 5 heteroatoms. The van der Waals surface area contributed by atoms with Crippen LogP contribution in [0.5, 0.6) is 0 Å². The molecular formula is C22H29N3O2. The fraction of sp³-hybridized carbons (Fsp3) is 0.364. The molecule has 2 aromatic rings. The van der Waals surface area contributed by atoms with E-state index in [1.54, 1.807) is 11.9 Å². The Kier molecular flexibility index (Phi) is 7.13. The first-order valence-electron chi connectivity index (χ1n) is 9.20. The Morgan fingerprint density at radius 3 is 1.93 bits per heavy atom. The first kappa shape index (κ1) is 20.6. The molecule has 0 heterocycles. The standard InChI is InChI=1S/C22H29N3O2/c1-15(2)18-9-11-19(12-10-18)23-20(26)13-25(5)14-21(27)24-22-16(3)7-6-8-17(22)4/h6-12,15H,13-14H2,1-5H3,(H,23,26)(H,24,27). The van der Waals surface area contributed by atoms with Crippen molar-refractivity contribution in [3.05, 3.63) is 59.2 Å². The van der Waals surface area contributed by atoms with Crippen LogP contribution in [0.2, 0.25) is 0 Å². The third-order valence-electron chi connectivity index (χ3n) is 4.43. The predicted octanol–water partition coefficient (Wildman–Crippen LogP) is 3.94. The summed E-state index contributed by atoms with van der Waals surface area (Å²) in [5.41, 5.74) is 4.87. The third-order valence-corrected chi connectivity index (χ3v) is 4.43. The first-order chi connectivity index (χ1) is 12.8. The van der Waals surface area contributed by atoms with Crippen LogP contribution in [0.1, 0.15) is 36.5 Å². The molecule has 2 rings (SSSR count). The van der Waals surface area contributed by atoms with Crippen molar-refractivity contribution in [2.75, 3.05) is 30.8 Å². The molecule has 0 aliphatic heterocycles. The fourth-order valence-corrected chi connectivity index (χ4v) is 2.89. The lowest BCUT2D eigenvalue weighted by Gasteiger charge is -2.17. The van der Waals surface area contributed by atoms with E-state index in [-0.39, 0.29) is 24.9 Å². The lowest BCUT2D eigenvalue weighted by Crippen LogP contribution is -2.36. The quantitative estimate of drug-likeness (QED) is 0.779. The highest BCUT2D eigenvalue weighted by atomic mass is 16.2. The molecule has 0 bridgehead atoms. The monoisotopic (exact) mass is 367 g/mol. The van der Waals surface area contributed by atoms with Crippen molar-refractivity contribution in [2.24, 2.45) is 0 Å². The van der Waals surface area contributed by atoms with Gasteiger partial charge in [-0.2, -0.15) is 0 Å². The van der Waals surface area contributed by atoms with Crippen LogP contribution in [-0.2, 0) is 9.59 Å². The second-order valence-corrected chi connectivity index (χ2v) is 7.31. The second kappa shape index (κ2) is 9.33. The molecule has 2 amide bonds. The van der Waals surface area contributed by atoms with Crippen molar-refractivity contribution in [1.29, 1.82) is 0 Å². The van der Waals surface area contributed by atoms with E-state index < -0.39 is 0 Å². The number of aryl methyl sites for hydroxylation is 2. The Morgan fingerprint density at radius 1 is 0.889 bits per heavy atom. The molecule has 2 N–H and O–H groups in total. The molecule has 0 aromatic heterocycles. The van der Waals surface area contributed by atoms with Gasteiger partial charge in [0.1, 0.15) is 0 Å². The number of likely N-dealkylation sites (N-methyl/N-ethyl adjacent to an activating group) is 1. The molecule has 0 aliphatic rings. The number of carbonyl (C=O) groups is 2. The van der Waals surface area contributed by atoms with Crippen molar-refractivity contribution in [1.82, 2.24) is 4.90 Å². The number of hydrogen-bond donors (Lipinski definition) is 2. The fourth-order valence-electron chi connectivity index (χ4n) is 2.89. The smallest absolute Gasteiger partial charge is 0.238 e. The average molecular weight is 367 g/mol. The summed E-state index contributed by atoms with van der Waals surface area (Å²) < 4.78 is 0. The Morgan fingerprint density at radius 2 is 1.41 bits per heavy atom. The molecule has 0 spiro atoms. The van der Waals surface area contributed by atoms with Crippen molar-refractivity contribution in [3.8, 4) is 0 Å². The summed E-state index contributed by atoms with van der Waals surface area (Å²) in [7, 11) is 1.76. The molecule has 5 nitrogen and oxygen atoms in total. The summed E-state index contributed by atoms with van der Waals surface area (Å²) >= 11 is 0. The van der Waals surface area contributed by atoms with E-state index in [9.17, 15) is 9.59 Å². The average Bonchev–Trinajstić information content (AvgIpc) is 2.58. The topological polar surface area (TPSA) is 61.4 Å². The zero-order chi connectivity index (χ0) is 20.0. The van der Waals surface area contributed by atoms with Gasteiger partial charge in [-0.15, -0.1) is 0 Å². The van der Waals surface area contributed by atoms with Crippen LogP contribution >= 0.6 is 0 Å². The van der Waals surface area contributed by atoms with E-state index >= 15 is 0 Å². The summed E-state index contributed by atoms with van der Waals surface area (Å²) in [5, 5.41) is 5.80. The highest BCUT2D eigenvalue weighted by molar-refractivity contribution is 5.95. The van der Waals surface area contributed by atoms with Gasteiger partial charge in [0.2, 0.25) is 11.8 Å². The molecule has 0 saturated carbocycles. The maximum Gasteiger partial charge on any atom is 0.238 e. The summed E-state index contributed by atoms with van der Waals surface area (Å²) in [5.74, 6) is 0.176. The maximum absolute atomic E-state index is 12.3. The number of para-hydroxylation sites is 1. The number of carbonyl (C=O) groups excluding carboxylic acids is 2. The van der Waals surface area contributed by atoms with Crippen molar-refractivity contribution in [2.45, 2.75) is 33.6 Å². The molecule has 0 aliphatic carbocycles.